The van der Waals surface area contributed by atoms with E-state index in [0.717, 1.165) is 6.26 Å². The average molecular weight is 449 g/mol. The van der Waals surface area contributed by atoms with E-state index in [4.69, 9.17) is 5.26 Å². The third kappa shape index (κ3) is 4.30. The Kier molecular flexibility index (Phi) is 5.38. The number of nitrogens with one attached hydrogen (secondary N) is 3. The highest BCUT2D eigenvalue weighted by Crippen LogP contribution is 2.33. The first-order valence-corrected chi connectivity index (χ1v) is 11.4. The first-order valence-electron chi connectivity index (χ1n) is 9.56. The molecule has 162 valence electrons. The lowest BCUT2D eigenvalue weighted by Crippen LogP contribution is -2.25. The Bertz CT molecular complexity index is 1460. The first kappa shape index (κ1) is 21.1. The van der Waals surface area contributed by atoms with E-state index in [1.165, 1.54) is 11.4 Å². The van der Waals surface area contributed by atoms with Gasteiger partial charge in [0.25, 0.3) is 0 Å². The van der Waals surface area contributed by atoms with Crippen LogP contribution in [-0.4, -0.2) is 41.7 Å². The number of rotatable bonds is 6. The molecule has 0 amide bonds. The number of aromatic nitrogens is 4. The Hall–Kier alpha value is -4.17. The molecule has 0 aliphatic rings. The molecule has 0 saturated heterocycles. The molecular formula is C21H20N8O2S. The average Bonchev–Trinajstić information content (AvgIpc) is 3.13. The summed E-state index contributed by atoms with van der Waals surface area (Å²) in [5.74, 6) is 1.62. The van der Waals surface area contributed by atoms with Gasteiger partial charge in [0.2, 0.25) is 10.0 Å². The van der Waals surface area contributed by atoms with Gasteiger partial charge in [-0.05, 0) is 31.2 Å². The maximum atomic E-state index is 12.1. The quantitative estimate of drug-likeness (QED) is 0.408. The van der Waals surface area contributed by atoms with Crippen molar-refractivity contribution >= 4 is 49.9 Å². The summed E-state index contributed by atoms with van der Waals surface area (Å²) in [6, 6.07) is 15.9. The molecule has 0 atom stereocenters. The van der Waals surface area contributed by atoms with E-state index in [1.54, 1.807) is 42.5 Å². The number of benzene rings is 1. The monoisotopic (exact) mass is 448 g/mol. The van der Waals surface area contributed by atoms with Crippen molar-refractivity contribution in [1.29, 1.82) is 5.26 Å². The lowest BCUT2D eigenvalue weighted by Gasteiger charge is -2.21. The highest BCUT2D eigenvalue weighted by molar-refractivity contribution is 7.92. The van der Waals surface area contributed by atoms with Gasteiger partial charge < -0.3 is 15.6 Å². The number of nitrogens with zero attached hydrogens (tertiary/aromatic N) is 5. The molecule has 1 aromatic carbocycles. The van der Waals surface area contributed by atoms with Crippen molar-refractivity contribution in [3.05, 3.63) is 60.0 Å². The van der Waals surface area contributed by atoms with Crippen LogP contribution >= 0.6 is 0 Å². The van der Waals surface area contributed by atoms with Gasteiger partial charge in [0.1, 0.15) is 34.7 Å². The minimum Gasteiger partial charge on any atom is -0.352 e. The highest BCUT2D eigenvalue weighted by Gasteiger charge is 2.17. The Morgan fingerprint density at radius 1 is 1.00 bits per heavy atom. The molecule has 0 saturated carbocycles. The van der Waals surface area contributed by atoms with E-state index in [-0.39, 0.29) is 5.69 Å². The summed E-state index contributed by atoms with van der Waals surface area (Å²) in [7, 11) is -1.95. The zero-order chi connectivity index (χ0) is 22.9. The normalized spacial score (nSPS) is 11.2. The van der Waals surface area contributed by atoms with Gasteiger partial charge >= 0.3 is 0 Å². The van der Waals surface area contributed by atoms with E-state index >= 15 is 0 Å². The van der Waals surface area contributed by atoms with Crippen molar-refractivity contribution in [3.63, 3.8) is 0 Å². The minimum atomic E-state index is -3.45. The highest BCUT2D eigenvalue weighted by atomic mass is 32.2. The molecule has 32 heavy (non-hydrogen) atoms. The van der Waals surface area contributed by atoms with Gasteiger partial charge in [-0.3, -0.25) is 4.31 Å². The molecule has 4 aromatic rings. The van der Waals surface area contributed by atoms with Crippen LogP contribution < -0.4 is 14.9 Å². The summed E-state index contributed by atoms with van der Waals surface area (Å²) in [6.45, 7) is 1.82. The van der Waals surface area contributed by atoms with E-state index < -0.39 is 10.0 Å². The third-order valence-corrected chi connectivity index (χ3v) is 5.89. The van der Waals surface area contributed by atoms with Gasteiger partial charge in [-0.15, -0.1) is 0 Å². The van der Waals surface area contributed by atoms with Crippen molar-refractivity contribution in [2.75, 3.05) is 28.2 Å². The largest absolute Gasteiger partial charge is 0.352 e. The second-order valence-corrected chi connectivity index (χ2v) is 9.11. The summed E-state index contributed by atoms with van der Waals surface area (Å²) in [5, 5.41) is 15.5. The van der Waals surface area contributed by atoms with Crippen LogP contribution in [0.4, 0.5) is 28.7 Å². The second-order valence-electron chi connectivity index (χ2n) is 7.09. The number of fused-ring (bicyclic) bond motifs is 1. The van der Waals surface area contributed by atoms with Crippen LogP contribution in [0.1, 0.15) is 11.5 Å². The Morgan fingerprint density at radius 2 is 1.78 bits per heavy atom. The predicted octanol–water partition coefficient (Wildman–Crippen LogP) is 3.42. The first-order chi connectivity index (χ1) is 15.2. The molecule has 0 unspecified atom stereocenters. The number of aromatic amines is 1. The lowest BCUT2D eigenvalue weighted by atomic mass is 10.2. The zero-order valence-electron chi connectivity index (χ0n) is 17.6. The number of sulfonamides is 1. The van der Waals surface area contributed by atoms with E-state index in [0.29, 0.717) is 45.7 Å². The Labute approximate surface area is 185 Å². The van der Waals surface area contributed by atoms with Crippen molar-refractivity contribution in [3.8, 4) is 6.07 Å². The Morgan fingerprint density at radius 3 is 2.53 bits per heavy atom. The summed E-state index contributed by atoms with van der Waals surface area (Å²) in [6.07, 6.45) is 1.15. The van der Waals surface area contributed by atoms with Gasteiger partial charge in [-0.25, -0.2) is 23.4 Å². The Balaban J connectivity index is 1.77. The van der Waals surface area contributed by atoms with Crippen molar-refractivity contribution < 1.29 is 8.42 Å². The van der Waals surface area contributed by atoms with Crippen LogP contribution in [0.3, 0.4) is 0 Å². The number of nitriles is 1. The molecule has 11 heteroatoms. The number of anilines is 5. The minimum absolute atomic E-state index is 0.282. The fraction of sp³-hybridized carbons (Fsp3) is 0.143. The molecular weight excluding hydrogens is 428 g/mol. The summed E-state index contributed by atoms with van der Waals surface area (Å²) in [5.41, 5.74) is 3.12. The van der Waals surface area contributed by atoms with Crippen molar-refractivity contribution in [1.82, 2.24) is 19.9 Å². The third-order valence-electron chi connectivity index (χ3n) is 4.70. The molecule has 0 bridgehead atoms. The van der Waals surface area contributed by atoms with Crippen molar-refractivity contribution in [2.24, 2.45) is 0 Å². The van der Waals surface area contributed by atoms with Crippen LogP contribution in [-0.2, 0) is 10.0 Å². The van der Waals surface area contributed by atoms with E-state index in [2.05, 4.69) is 30.6 Å². The molecule has 0 aliphatic heterocycles. The summed E-state index contributed by atoms with van der Waals surface area (Å²) in [4.78, 5) is 16.4. The van der Waals surface area contributed by atoms with Gasteiger partial charge in [-0.2, -0.15) is 5.26 Å². The molecule has 3 N–H and O–H groups in total. The fourth-order valence-electron chi connectivity index (χ4n) is 3.14. The molecule has 3 heterocycles. The van der Waals surface area contributed by atoms with Crippen LogP contribution in [0.5, 0.6) is 0 Å². The number of hydrogen-bond donors (Lipinski definition) is 3. The molecule has 0 radical (unpaired) electrons. The van der Waals surface area contributed by atoms with Crippen LogP contribution in [0.25, 0.3) is 11.2 Å². The van der Waals surface area contributed by atoms with Crippen LogP contribution in [0, 0.1) is 18.3 Å². The molecule has 0 spiro atoms. The number of hydrogen-bond acceptors (Lipinski definition) is 8. The van der Waals surface area contributed by atoms with E-state index in [9.17, 15) is 8.42 Å². The summed E-state index contributed by atoms with van der Waals surface area (Å²) >= 11 is 0. The number of pyridine rings is 2. The molecule has 10 nitrogen and oxygen atoms in total. The van der Waals surface area contributed by atoms with E-state index in [1.807, 2.05) is 19.1 Å². The van der Waals surface area contributed by atoms with Gasteiger partial charge in [0.05, 0.1) is 23.3 Å². The fourth-order valence-corrected chi connectivity index (χ4v) is 3.66. The second kappa shape index (κ2) is 8.16. The molecule has 3 aromatic heterocycles. The maximum Gasteiger partial charge on any atom is 0.232 e. The van der Waals surface area contributed by atoms with Gasteiger partial charge in [-0.1, -0.05) is 18.2 Å². The van der Waals surface area contributed by atoms with Crippen LogP contribution in [0.15, 0.2) is 48.5 Å². The molecule has 0 fully saturated rings. The number of aryl methyl sites for hydroxylation is 1. The number of H-pyrrole nitrogens is 1. The topological polar surface area (TPSA) is 140 Å². The number of para-hydroxylation sites is 2. The SMILES string of the molecule is Cc1nc2c(Nc3ccccc3N(C)S(C)(=O)=O)cc(Nc3cccc(C#N)n3)nc2[nH]1. The standard InChI is InChI=1S/C21H20N8O2S/c1-13-23-20-16(26-15-8-4-5-9-17(15)29(2)32(3,30)31)11-19(28-21(20)24-13)27-18-10-6-7-14(12-22)25-18/h4-11H,1-3H3,(H3,23,24,25,26,27,28). The maximum absolute atomic E-state index is 12.1. The van der Waals surface area contributed by atoms with Gasteiger partial charge in [0, 0.05) is 13.1 Å². The zero-order valence-corrected chi connectivity index (χ0v) is 18.4. The number of imidazole rings is 1. The summed E-state index contributed by atoms with van der Waals surface area (Å²) < 4.78 is 25.4. The van der Waals surface area contributed by atoms with Crippen LogP contribution in [0.2, 0.25) is 0 Å². The predicted molar refractivity (Wildman–Crippen MR) is 124 cm³/mol. The lowest BCUT2D eigenvalue weighted by molar-refractivity contribution is 0.600. The molecule has 4 rings (SSSR count). The van der Waals surface area contributed by atoms with Crippen molar-refractivity contribution in [2.45, 2.75) is 6.92 Å². The smallest absolute Gasteiger partial charge is 0.232 e. The van der Waals surface area contributed by atoms with Gasteiger partial charge in [0.15, 0.2) is 5.65 Å². The molecule has 0 aliphatic carbocycles.